The maximum Gasteiger partial charge on any atom is 0.203 e. The maximum atomic E-state index is 11.7. The predicted molar refractivity (Wildman–Crippen MR) is 529 cm³/mol. The molecule has 0 saturated heterocycles. The molecule has 0 atom stereocenters. The van der Waals surface area contributed by atoms with Gasteiger partial charge < -0.3 is 38.6 Å². The molecule has 5 aromatic carbocycles. The fourth-order valence-electron chi connectivity index (χ4n) is 13.1. The number of nitrogens with one attached hydrogen (secondary N) is 1. The van der Waals surface area contributed by atoms with Crippen LogP contribution in [0.2, 0.25) is 0 Å². The van der Waals surface area contributed by atoms with Crippen molar-refractivity contribution in [3.8, 4) is 40.0 Å². The zero-order chi connectivity index (χ0) is 92.8. The van der Waals surface area contributed by atoms with E-state index in [9.17, 15) is 42.1 Å². The van der Waals surface area contributed by atoms with E-state index in [-0.39, 0.29) is 26.2 Å². The van der Waals surface area contributed by atoms with Gasteiger partial charge in [0.1, 0.15) is 17.2 Å². The summed E-state index contributed by atoms with van der Waals surface area (Å²) in [4.78, 5) is 2.11. The lowest BCUT2D eigenvalue weighted by molar-refractivity contribution is 0.116. The standard InChI is InChI=1S/C21H36O4S.C20H35NO3S.C20H34O5S.C19H28N2O2S2.C19H33NO2S/c1-4-5-15-25-21-13-11-12-20(17-21)18-24-14-9-7-6-8-10-16-26(22,23)19(2)3;1-4-5-16-24-20-13-11-19(12-14-20)21-15-9-7-6-8-10-17-25(22,23)18(2)3;1-16(2)26(21,22)13-11-9-7-6-8-10-12-17-14-18(23-3)20(25-5)19(15-17)24-4;1-16(2)25(22,23)14-8-6-4-3-5-7-9-17-10-12-18(13-11-17)19-15-24-21-20-19;1-17(2)23(21,22)16-10-8-6-5-7-9-11-18-12-14-19(15-13-18)20(3)4/h11-13,17,19H,4-10,14-16,18H2,1-3H3;11-14,18,21H,4-10,15-17H2,1-3H3;14-16H,6-13H2,1-5H3;10-13,15-16H,3-9,14H2,1-2H3;12-15,17H,5-11,16H2,1-4H3. The number of unbranched alkanes of at least 4 members (excludes halogenated alkanes) is 25. The molecule has 0 radical (unpaired) electrons. The Morgan fingerprint density at radius 3 is 1.10 bits per heavy atom. The summed E-state index contributed by atoms with van der Waals surface area (Å²) in [5, 5.41) is 8.21. The first kappa shape index (κ1) is 115. The molecule has 1 heterocycles. The van der Waals surface area contributed by atoms with Crippen LogP contribution in [0.25, 0.3) is 11.3 Å². The Morgan fingerprint density at radius 2 is 0.736 bits per heavy atom. The van der Waals surface area contributed by atoms with Gasteiger partial charge in [0.05, 0.1) is 96.2 Å². The number of ether oxygens (including phenoxy) is 6. The smallest absolute Gasteiger partial charge is 0.203 e. The molecule has 20 nitrogen and oxygen atoms in total. The van der Waals surface area contributed by atoms with E-state index in [1.54, 1.807) is 90.6 Å². The van der Waals surface area contributed by atoms with E-state index in [4.69, 9.17) is 28.4 Å². The van der Waals surface area contributed by atoms with Gasteiger partial charge in [0.25, 0.3) is 0 Å². The minimum atomic E-state index is -2.88. The number of nitrogens with zero attached hydrogens (tertiary/aromatic N) is 3. The van der Waals surface area contributed by atoms with Crippen molar-refractivity contribution >= 4 is 72.1 Å². The van der Waals surface area contributed by atoms with Crippen LogP contribution >= 0.6 is 11.5 Å². The van der Waals surface area contributed by atoms with Crippen molar-refractivity contribution in [2.75, 3.05) is 101 Å². The van der Waals surface area contributed by atoms with Crippen LogP contribution in [0.3, 0.4) is 0 Å². The number of hydrogen-bond acceptors (Lipinski definition) is 21. The lowest BCUT2D eigenvalue weighted by Crippen LogP contribution is -2.17. The minimum Gasteiger partial charge on any atom is -0.494 e. The summed E-state index contributed by atoms with van der Waals surface area (Å²) < 4.78 is 154. The Kier molecular flexibility index (Phi) is 61.9. The summed E-state index contributed by atoms with van der Waals surface area (Å²) in [6, 6.07) is 37.6. The molecule has 26 heteroatoms. The van der Waals surface area contributed by atoms with Gasteiger partial charge >= 0.3 is 0 Å². The molecule has 0 aliphatic carbocycles. The van der Waals surface area contributed by atoms with E-state index in [0.29, 0.717) is 52.6 Å². The highest BCUT2D eigenvalue weighted by molar-refractivity contribution is 7.93. The fraction of sp³-hybridized carbons (Fsp3) is 0.677. The topological polar surface area (TPSA) is 267 Å². The molecule has 0 saturated carbocycles. The highest BCUT2D eigenvalue weighted by Crippen LogP contribution is 2.39. The van der Waals surface area contributed by atoms with E-state index in [1.807, 2.05) is 47.8 Å². The average Bonchev–Trinajstić information content (AvgIpc) is 1.23. The lowest BCUT2D eigenvalue weighted by Gasteiger charge is -2.14. The highest BCUT2D eigenvalue weighted by atomic mass is 32.2. The Labute approximate surface area is 764 Å². The summed E-state index contributed by atoms with van der Waals surface area (Å²) in [5.41, 5.74) is 9.48. The van der Waals surface area contributed by atoms with Crippen LogP contribution in [-0.2, 0) is 79.8 Å². The minimum absolute atomic E-state index is 0.235. The van der Waals surface area contributed by atoms with Crippen molar-refractivity contribution in [3.63, 3.8) is 0 Å². The zero-order valence-electron chi connectivity index (χ0n) is 80.0. The summed E-state index contributed by atoms with van der Waals surface area (Å²) in [6.07, 6.45) is 37.0. The van der Waals surface area contributed by atoms with Crippen LogP contribution in [0.5, 0.6) is 28.7 Å². The molecule has 1 aromatic heterocycles. The van der Waals surface area contributed by atoms with Gasteiger partial charge in [-0.2, -0.15) is 0 Å². The molecular formula is C99H166N4O16S6. The van der Waals surface area contributed by atoms with Crippen LogP contribution in [0.1, 0.15) is 311 Å². The molecule has 714 valence electrons. The van der Waals surface area contributed by atoms with Gasteiger partial charge in [-0.05, 0) is 260 Å². The Balaban J connectivity index is 0.000000530. The van der Waals surface area contributed by atoms with Crippen molar-refractivity contribution in [2.24, 2.45) is 0 Å². The monoisotopic (exact) mass is 1860 g/mol. The highest BCUT2D eigenvalue weighted by Gasteiger charge is 2.20. The van der Waals surface area contributed by atoms with Crippen LogP contribution in [0, 0.1) is 0 Å². The molecule has 0 aliphatic rings. The number of sulfone groups is 5. The molecule has 125 heavy (non-hydrogen) atoms. The van der Waals surface area contributed by atoms with Crippen molar-refractivity contribution in [3.05, 3.63) is 137 Å². The third-order valence-corrected chi connectivity index (χ3v) is 34.0. The average molecular weight is 1860 g/mol. The number of hydrogen-bond donors (Lipinski definition) is 1. The third kappa shape index (κ3) is 53.6. The largest absolute Gasteiger partial charge is 0.494 e. The predicted octanol–water partition coefficient (Wildman–Crippen LogP) is 24.0. The van der Waals surface area contributed by atoms with E-state index in [1.165, 1.54) is 72.4 Å². The molecule has 0 bridgehead atoms. The molecule has 0 unspecified atom stereocenters. The molecule has 0 fully saturated rings. The number of rotatable bonds is 64. The molecule has 6 rings (SSSR count). The van der Waals surface area contributed by atoms with Crippen LogP contribution < -0.4 is 33.9 Å². The lowest BCUT2D eigenvalue weighted by atomic mass is 10.0. The van der Waals surface area contributed by atoms with Crippen molar-refractivity contribution < 1.29 is 70.5 Å². The van der Waals surface area contributed by atoms with Crippen molar-refractivity contribution in [1.82, 2.24) is 9.59 Å². The van der Waals surface area contributed by atoms with Gasteiger partial charge in [-0.3, -0.25) is 0 Å². The van der Waals surface area contributed by atoms with Crippen LogP contribution in [-0.4, -0.2) is 168 Å². The molecule has 0 amide bonds. The molecule has 0 spiro atoms. The quantitative estimate of drug-likeness (QED) is 0.0348. The number of methoxy groups -OCH3 is 3. The van der Waals surface area contributed by atoms with Crippen molar-refractivity contribution in [2.45, 2.75) is 341 Å². The summed E-state index contributed by atoms with van der Waals surface area (Å²) in [5.74, 6) is 5.49. The first-order valence-electron chi connectivity index (χ1n) is 46.8. The first-order valence-corrected chi connectivity index (χ1v) is 56.2. The number of aryl methyl sites for hydroxylation is 3. The van der Waals surface area contributed by atoms with Gasteiger partial charge in [0.15, 0.2) is 60.7 Å². The third-order valence-electron chi connectivity index (χ3n) is 22.0. The van der Waals surface area contributed by atoms with E-state index in [0.717, 1.165) is 247 Å². The second-order valence-corrected chi connectivity index (χ2v) is 48.4. The maximum absolute atomic E-state index is 11.7. The zero-order valence-corrected chi connectivity index (χ0v) is 84.9. The van der Waals surface area contributed by atoms with Gasteiger partial charge in [-0.25, -0.2) is 42.1 Å². The van der Waals surface area contributed by atoms with Gasteiger partial charge in [0, 0.05) is 49.6 Å². The van der Waals surface area contributed by atoms with Crippen molar-refractivity contribution in [1.29, 1.82) is 0 Å². The number of aromatic nitrogens is 2. The normalized spacial score (nSPS) is 11.8. The fourth-order valence-corrected chi connectivity index (χ4v) is 18.9. The van der Waals surface area contributed by atoms with E-state index >= 15 is 0 Å². The number of anilines is 2. The summed E-state index contributed by atoms with van der Waals surface area (Å²) in [7, 11) is -5.36. The van der Waals surface area contributed by atoms with Crippen LogP contribution in [0.15, 0.2) is 115 Å². The van der Waals surface area contributed by atoms with E-state index in [2.05, 4.69) is 114 Å². The Morgan fingerprint density at radius 1 is 0.368 bits per heavy atom. The Bertz CT molecular complexity index is 4270. The first-order chi connectivity index (χ1) is 59.6. The van der Waals surface area contributed by atoms with E-state index < -0.39 is 49.2 Å². The van der Waals surface area contributed by atoms with Gasteiger partial charge in [-0.15, -0.1) is 5.10 Å². The van der Waals surface area contributed by atoms with Gasteiger partial charge in [-0.1, -0.05) is 195 Å². The second-order valence-electron chi connectivity index (χ2n) is 34.4. The SMILES string of the molecule is CC(C)S(=O)(=O)CCCCCCCCc1ccc(-c2csnn2)cc1.CC(C)S(=O)(=O)CCCCCCCCc1ccc(N(C)C)cc1.CCCCOc1ccc(NCCCCCCCS(=O)(=O)C(C)C)cc1.CCCCOc1cccc(COCCCCCCCS(=O)(=O)C(C)C)c1.COc1cc(CCCCCCCCS(=O)(=O)C(C)C)cc(OC)c1OC. The molecule has 6 aromatic rings. The molecule has 1 N–H and O–H groups in total. The summed E-state index contributed by atoms with van der Waals surface area (Å²) in [6.45, 7) is 25.7. The molecule has 0 aliphatic heterocycles. The Hall–Kier alpha value is -6.03. The van der Waals surface area contributed by atoms with Gasteiger partial charge in [0.2, 0.25) is 5.75 Å². The number of benzene rings is 5. The molecular weight excluding hydrogens is 1690 g/mol. The second kappa shape index (κ2) is 67.2. The van der Waals surface area contributed by atoms with Crippen LogP contribution in [0.4, 0.5) is 11.4 Å². The summed E-state index contributed by atoms with van der Waals surface area (Å²) >= 11 is 1.37.